The zero-order valence-electron chi connectivity index (χ0n) is 17.5. The number of nitrogens with zero attached hydrogens (tertiary/aromatic N) is 3. The molecular formula is C23H27N3O4. The molecule has 1 aromatic carbocycles. The lowest BCUT2D eigenvalue weighted by Crippen LogP contribution is -2.46. The van der Waals surface area contributed by atoms with Gasteiger partial charge in [0.15, 0.2) is 11.4 Å². The average molecular weight is 409 g/mol. The number of hydrogen-bond acceptors (Lipinski definition) is 5. The van der Waals surface area contributed by atoms with Crippen molar-refractivity contribution < 1.29 is 14.3 Å². The van der Waals surface area contributed by atoms with E-state index in [2.05, 4.69) is 0 Å². The van der Waals surface area contributed by atoms with Gasteiger partial charge >= 0.3 is 0 Å². The van der Waals surface area contributed by atoms with Crippen molar-refractivity contribution in [2.24, 2.45) is 0 Å². The first-order chi connectivity index (χ1) is 14.6. The van der Waals surface area contributed by atoms with Crippen molar-refractivity contribution in [1.82, 2.24) is 9.47 Å². The number of methoxy groups -OCH3 is 1. The summed E-state index contributed by atoms with van der Waals surface area (Å²) >= 11 is 0. The zero-order valence-corrected chi connectivity index (χ0v) is 17.5. The van der Waals surface area contributed by atoms with Crippen molar-refractivity contribution in [3.05, 3.63) is 63.6 Å². The fourth-order valence-electron chi connectivity index (χ4n) is 3.66. The number of benzene rings is 1. The van der Waals surface area contributed by atoms with Crippen LogP contribution < -0.4 is 10.2 Å². The lowest BCUT2D eigenvalue weighted by molar-refractivity contribution is 0.0589. The summed E-state index contributed by atoms with van der Waals surface area (Å²) in [4.78, 5) is 27.8. The average Bonchev–Trinajstić information content (AvgIpc) is 2.76. The van der Waals surface area contributed by atoms with E-state index in [0.717, 1.165) is 18.4 Å². The van der Waals surface area contributed by atoms with Crippen molar-refractivity contribution in [3.8, 4) is 11.8 Å². The Kier molecular flexibility index (Phi) is 7.26. The first-order valence-electron chi connectivity index (χ1n) is 10.2. The van der Waals surface area contributed by atoms with Gasteiger partial charge in [0.2, 0.25) is 5.43 Å². The maximum atomic E-state index is 13.3. The highest BCUT2D eigenvalue weighted by atomic mass is 16.5. The molecule has 0 unspecified atom stereocenters. The predicted molar refractivity (Wildman–Crippen MR) is 113 cm³/mol. The Morgan fingerprint density at radius 2 is 1.97 bits per heavy atom. The second-order valence-electron chi connectivity index (χ2n) is 7.36. The van der Waals surface area contributed by atoms with Gasteiger partial charge in [-0.05, 0) is 18.4 Å². The number of rotatable bonds is 9. The molecule has 0 aliphatic carbocycles. The van der Waals surface area contributed by atoms with Crippen molar-refractivity contribution >= 4 is 5.91 Å². The van der Waals surface area contributed by atoms with Gasteiger partial charge in [-0.25, -0.2) is 0 Å². The Morgan fingerprint density at radius 3 is 2.63 bits per heavy atom. The van der Waals surface area contributed by atoms with Crippen LogP contribution in [0.1, 0.15) is 47.4 Å². The Morgan fingerprint density at radius 1 is 1.20 bits per heavy atom. The standard InChI is InChI=1S/C23H27N3O4/c1-3-4-11-30-22-20-23(28)25(10-12-29-2)16-19(13-17-8-6-5-7-9-17)26(20)15-18(14-24)21(22)27/h5-9,15,19H,3-4,10-13,16H2,1-2H3/t19-/m0/s1. The van der Waals surface area contributed by atoms with E-state index >= 15 is 0 Å². The molecule has 0 radical (unpaired) electrons. The minimum Gasteiger partial charge on any atom is -0.487 e. The van der Waals surface area contributed by atoms with Crippen LogP contribution in [0.15, 0.2) is 41.3 Å². The van der Waals surface area contributed by atoms with Gasteiger partial charge in [0, 0.05) is 26.4 Å². The molecule has 2 heterocycles. The summed E-state index contributed by atoms with van der Waals surface area (Å²) in [6.45, 7) is 3.62. The fraction of sp³-hybridized carbons (Fsp3) is 0.435. The minimum absolute atomic E-state index is 0.0125. The maximum absolute atomic E-state index is 13.3. The third-order valence-electron chi connectivity index (χ3n) is 5.25. The van der Waals surface area contributed by atoms with E-state index in [9.17, 15) is 14.9 Å². The number of amides is 1. The number of ether oxygens (including phenoxy) is 2. The van der Waals surface area contributed by atoms with Crippen LogP contribution in [0.3, 0.4) is 0 Å². The molecule has 1 aliphatic heterocycles. The lowest BCUT2D eigenvalue weighted by Gasteiger charge is -2.37. The second-order valence-corrected chi connectivity index (χ2v) is 7.36. The number of carbonyl (C=O) groups is 1. The third-order valence-corrected chi connectivity index (χ3v) is 5.25. The molecule has 1 amide bonds. The molecule has 30 heavy (non-hydrogen) atoms. The molecule has 7 heteroatoms. The number of carbonyl (C=O) groups excluding carboxylic acids is 1. The number of aromatic nitrogens is 1. The quantitative estimate of drug-likeness (QED) is 0.595. The van der Waals surface area contributed by atoms with Crippen LogP contribution >= 0.6 is 0 Å². The van der Waals surface area contributed by atoms with Crippen molar-refractivity contribution in [2.75, 3.05) is 33.4 Å². The van der Waals surface area contributed by atoms with E-state index in [-0.39, 0.29) is 29.0 Å². The molecule has 3 rings (SSSR count). The van der Waals surface area contributed by atoms with Gasteiger partial charge in [-0.1, -0.05) is 43.7 Å². The molecule has 2 aromatic rings. The monoisotopic (exact) mass is 409 g/mol. The van der Waals surface area contributed by atoms with Crippen molar-refractivity contribution in [3.63, 3.8) is 0 Å². The van der Waals surface area contributed by atoms with Gasteiger partial charge < -0.3 is 18.9 Å². The van der Waals surface area contributed by atoms with E-state index in [1.54, 1.807) is 16.6 Å². The molecule has 0 spiro atoms. The topological polar surface area (TPSA) is 84.6 Å². The van der Waals surface area contributed by atoms with E-state index in [0.29, 0.717) is 32.7 Å². The number of fused-ring (bicyclic) bond motifs is 1. The van der Waals surface area contributed by atoms with Gasteiger partial charge in [0.05, 0.1) is 19.3 Å². The summed E-state index contributed by atoms with van der Waals surface area (Å²) < 4.78 is 12.7. The van der Waals surface area contributed by atoms with Gasteiger partial charge in [-0.2, -0.15) is 5.26 Å². The number of pyridine rings is 1. The van der Waals surface area contributed by atoms with Crippen LogP contribution in [0.5, 0.6) is 5.75 Å². The Bertz CT molecular complexity index is 978. The first-order valence-corrected chi connectivity index (χ1v) is 10.2. The van der Waals surface area contributed by atoms with Crippen molar-refractivity contribution in [1.29, 1.82) is 5.26 Å². The molecule has 1 atom stereocenters. The number of unbranched alkanes of at least 4 members (excludes halogenated alkanes) is 1. The predicted octanol–water partition coefficient (Wildman–Crippen LogP) is 2.78. The van der Waals surface area contributed by atoms with E-state index in [1.165, 1.54) is 6.20 Å². The Labute approximate surface area is 176 Å². The maximum Gasteiger partial charge on any atom is 0.274 e. The first kappa shape index (κ1) is 21.6. The highest BCUT2D eigenvalue weighted by Crippen LogP contribution is 2.29. The summed E-state index contributed by atoms with van der Waals surface area (Å²) in [5, 5.41) is 9.50. The van der Waals surface area contributed by atoms with Gasteiger partial charge in [-0.15, -0.1) is 0 Å². The largest absolute Gasteiger partial charge is 0.487 e. The normalized spacial score (nSPS) is 15.6. The van der Waals surface area contributed by atoms with Crippen LogP contribution in [0.4, 0.5) is 0 Å². The van der Waals surface area contributed by atoms with Gasteiger partial charge in [-0.3, -0.25) is 9.59 Å². The summed E-state index contributed by atoms with van der Waals surface area (Å²) in [5.41, 5.74) is 0.792. The third kappa shape index (κ3) is 4.55. The minimum atomic E-state index is -0.528. The Balaban J connectivity index is 2.10. The summed E-state index contributed by atoms with van der Waals surface area (Å²) in [7, 11) is 1.59. The van der Waals surface area contributed by atoms with Crippen LogP contribution in [0.25, 0.3) is 0 Å². The lowest BCUT2D eigenvalue weighted by atomic mass is 10.0. The molecule has 158 valence electrons. The molecule has 0 saturated heterocycles. The Hall–Kier alpha value is -3.11. The zero-order chi connectivity index (χ0) is 21.5. The molecule has 0 saturated carbocycles. The molecule has 0 bridgehead atoms. The van der Waals surface area contributed by atoms with Crippen LogP contribution in [-0.2, 0) is 11.2 Å². The molecule has 0 N–H and O–H groups in total. The van der Waals surface area contributed by atoms with E-state index in [1.807, 2.05) is 43.3 Å². The van der Waals surface area contributed by atoms with Crippen LogP contribution in [-0.4, -0.2) is 48.8 Å². The van der Waals surface area contributed by atoms with Crippen LogP contribution in [0, 0.1) is 11.3 Å². The second kappa shape index (κ2) is 10.1. The molecular weight excluding hydrogens is 382 g/mol. The highest BCUT2D eigenvalue weighted by Gasteiger charge is 2.35. The van der Waals surface area contributed by atoms with E-state index in [4.69, 9.17) is 9.47 Å². The number of nitriles is 1. The summed E-state index contributed by atoms with van der Waals surface area (Å²) in [6.07, 6.45) is 3.81. The smallest absolute Gasteiger partial charge is 0.274 e. The summed E-state index contributed by atoms with van der Waals surface area (Å²) in [5.74, 6) is -0.294. The van der Waals surface area contributed by atoms with Gasteiger partial charge in [0.25, 0.3) is 5.91 Å². The SMILES string of the molecule is CCCCOc1c2n(cc(C#N)c1=O)[C@@H](Cc1ccccc1)CN(CCOC)C2=O. The molecule has 0 fully saturated rings. The number of hydrogen-bond donors (Lipinski definition) is 0. The van der Waals surface area contributed by atoms with Crippen LogP contribution in [0.2, 0.25) is 0 Å². The molecule has 1 aromatic heterocycles. The summed E-state index contributed by atoms with van der Waals surface area (Å²) in [6, 6.07) is 11.8. The molecule has 1 aliphatic rings. The van der Waals surface area contributed by atoms with E-state index < -0.39 is 5.43 Å². The fourth-order valence-corrected chi connectivity index (χ4v) is 3.66. The molecule has 7 nitrogen and oxygen atoms in total. The highest BCUT2D eigenvalue weighted by molar-refractivity contribution is 5.96. The van der Waals surface area contributed by atoms with Crippen molar-refractivity contribution in [2.45, 2.75) is 32.2 Å². The van der Waals surface area contributed by atoms with Gasteiger partial charge in [0.1, 0.15) is 11.6 Å².